The molecule has 2 aromatic heterocycles. The molecule has 0 saturated heterocycles. The van der Waals surface area contributed by atoms with E-state index in [0.717, 1.165) is 20.8 Å². The van der Waals surface area contributed by atoms with E-state index >= 15 is 0 Å². The third-order valence-electron chi connectivity index (χ3n) is 4.12. The second-order valence-electron chi connectivity index (χ2n) is 6.16. The quantitative estimate of drug-likeness (QED) is 0.406. The molecule has 0 bridgehead atoms. The van der Waals surface area contributed by atoms with Crippen LogP contribution in [0.15, 0.2) is 55.8 Å². The third-order valence-corrected chi connectivity index (χ3v) is 4.98. The first-order chi connectivity index (χ1) is 13.8. The van der Waals surface area contributed by atoms with Gasteiger partial charge in [0.05, 0.1) is 17.5 Å². The van der Waals surface area contributed by atoms with Crippen molar-refractivity contribution in [2.75, 3.05) is 0 Å². The molecule has 2 heterocycles. The van der Waals surface area contributed by atoms with Crippen LogP contribution in [0.25, 0.3) is 5.69 Å². The summed E-state index contributed by atoms with van der Waals surface area (Å²) in [6.07, 6.45) is 3.85. The van der Waals surface area contributed by atoms with Crippen molar-refractivity contribution in [2.24, 2.45) is 5.10 Å². The van der Waals surface area contributed by atoms with Crippen LogP contribution in [0.5, 0.6) is 5.88 Å². The molecule has 0 aliphatic heterocycles. The van der Waals surface area contributed by atoms with Crippen LogP contribution in [0.4, 0.5) is 0 Å². The number of pyridine rings is 1. The van der Waals surface area contributed by atoms with E-state index in [1.165, 1.54) is 12.4 Å². The Balaban J connectivity index is 2.00. The van der Waals surface area contributed by atoms with Gasteiger partial charge in [-0.3, -0.25) is 19.6 Å². The first-order valence-corrected chi connectivity index (χ1v) is 9.17. The molecule has 0 fully saturated rings. The normalized spacial score (nSPS) is 11.0. The fraction of sp³-hybridized carbons (Fsp3) is 0.105. The highest BCUT2D eigenvalue weighted by molar-refractivity contribution is 9.10. The lowest BCUT2D eigenvalue weighted by Gasteiger charge is -2.13. The van der Waals surface area contributed by atoms with Crippen molar-refractivity contribution in [1.29, 1.82) is 0 Å². The highest BCUT2D eigenvalue weighted by atomic mass is 79.9. The zero-order valence-corrected chi connectivity index (χ0v) is 17.0. The minimum atomic E-state index is -0.838. The summed E-state index contributed by atoms with van der Waals surface area (Å²) in [6.45, 7) is 3.59. The Morgan fingerprint density at radius 1 is 1.31 bits per heavy atom. The Kier molecular flexibility index (Phi) is 5.74. The van der Waals surface area contributed by atoms with Crippen LogP contribution in [0.2, 0.25) is 0 Å². The molecule has 10 heteroatoms. The summed E-state index contributed by atoms with van der Waals surface area (Å²) in [6, 6.07) is 6.63. The van der Waals surface area contributed by atoms with Crippen molar-refractivity contribution >= 4 is 28.1 Å². The van der Waals surface area contributed by atoms with E-state index in [1.54, 1.807) is 31.2 Å². The summed E-state index contributed by atoms with van der Waals surface area (Å²) in [4.78, 5) is 42.4. The maximum atomic E-state index is 12.3. The topological polar surface area (TPSA) is 129 Å². The van der Waals surface area contributed by atoms with E-state index in [1.807, 2.05) is 6.92 Å². The molecule has 0 aliphatic rings. The van der Waals surface area contributed by atoms with Crippen LogP contribution in [0.3, 0.4) is 0 Å². The number of hydrogen-bond donors (Lipinski definition) is 3. The number of carbonyl (C=O) groups is 1. The van der Waals surface area contributed by atoms with Gasteiger partial charge in [-0.05, 0) is 49.2 Å². The number of halogens is 1. The van der Waals surface area contributed by atoms with E-state index in [-0.39, 0.29) is 11.1 Å². The van der Waals surface area contributed by atoms with Gasteiger partial charge in [0.25, 0.3) is 11.5 Å². The van der Waals surface area contributed by atoms with Gasteiger partial charge in [-0.25, -0.2) is 14.8 Å². The number of carbonyl (C=O) groups excluding carboxylic acids is 1. The van der Waals surface area contributed by atoms with Gasteiger partial charge in [-0.15, -0.1) is 0 Å². The maximum absolute atomic E-state index is 12.3. The average Bonchev–Trinajstić information content (AvgIpc) is 2.68. The van der Waals surface area contributed by atoms with Crippen molar-refractivity contribution in [1.82, 2.24) is 20.0 Å². The number of aromatic nitrogens is 3. The average molecular weight is 458 g/mol. The minimum Gasteiger partial charge on any atom is -0.493 e. The van der Waals surface area contributed by atoms with E-state index in [2.05, 4.69) is 36.4 Å². The minimum absolute atomic E-state index is 0.272. The monoisotopic (exact) mass is 457 g/mol. The van der Waals surface area contributed by atoms with Crippen LogP contribution >= 0.6 is 15.9 Å². The van der Waals surface area contributed by atoms with Gasteiger partial charge in [0.15, 0.2) is 0 Å². The van der Waals surface area contributed by atoms with Gasteiger partial charge >= 0.3 is 5.69 Å². The van der Waals surface area contributed by atoms with E-state index < -0.39 is 23.0 Å². The largest absolute Gasteiger partial charge is 0.493 e. The number of aromatic hydroxyl groups is 1. The molecule has 9 nitrogen and oxygen atoms in total. The van der Waals surface area contributed by atoms with Crippen LogP contribution < -0.4 is 16.7 Å². The molecule has 3 rings (SSSR count). The third kappa shape index (κ3) is 4.16. The molecule has 0 atom stereocenters. The summed E-state index contributed by atoms with van der Waals surface area (Å²) in [5, 5.41) is 14.3. The molecule has 0 aliphatic carbocycles. The van der Waals surface area contributed by atoms with Gasteiger partial charge in [0.2, 0.25) is 5.88 Å². The number of aryl methyl sites for hydroxylation is 2. The van der Waals surface area contributed by atoms with Crippen molar-refractivity contribution in [3.63, 3.8) is 0 Å². The SMILES string of the molecule is Cc1cc(-n2c(O)c(/C=N/NC(=O)c3cccnc3)c(=O)[nH]c2=O)c(C)cc1Br. The predicted octanol–water partition coefficient (Wildman–Crippen LogP) is 1.77. The lowest BCUT2D eigenvalue weighted by molar-refractivity contribution is 0.0954. The number of nitrogens with one attached hydrogen (secondary N) is 2. The van der Waals surface area contributed by atoms with Gasteiger partial charge in [-0.2, -0.15) is 5.10 Å². The van der Waals surface area contributed by atoms with Crippen molar-refractivity contribution in [3.8, 4) is 11.6 Å². The Hall–Kier alpha value is -3.53. The molecule has 0 saturated carbocycles. The summed E-state index contributed by atoms with van der Waals surface area (Å²) in [5.74, 6) is -1.14. The summed E-state index contributed by atoms with van der Waals surface area (Å²) in [5.41, 5.74) is 2.52. The number of rotatable bonds is 4. The second-order valence-corrected chi connectivity index (χ2v) is 7.02. The molecule has 1 amide bonds. The molecule has 3 N–H and O–H groups in total. The second kappa shape index (κ2) is 8.23. The van der Waals surface area contributed by atoms with Crippen molar-refractivity contribution < 1.29 is 9.90 Å². The molecule has 0 radical (unpaired) electrons. The lowest BCUT2D eigenvalue weighted by atomic mass is 10.1. The van der Waals surface area contributed by atoms with Gasteiger partial charge in [-0.1, -0.05) is 15.9 Å². The molecule has 0 spiro atoms. The highest BCUT2D eigenvalue weighted by Gasteiger charge is 2.16. The van der Waals surface area contributed by atoms with Crippen LogP contribution in [0.1, 0.15) is 27.0 Å². The van der Waals surface area contributed by atoms with Gasteiger partial charge in [0, 0.05) is 16.9 Å². The molecule has 148 valence electrons. The highest BCUT2D eigenvalue weighted by Crippen LogP contribution is 2.25. The molecule has 3 aromatic rings. The summed E-state index contributed by atoms with van der Waals surface area (Å²) >= 11 is 3.41. The number of hydrazone groups is 1. The zero-order chi connectivity index (χ0) is 21.1. The van der Waals surface area contributed by atoms with Crippen LogP contribution in [0, 0.1) is 13.8 Å². The number of benzene rings is 1. The molecular weight excluding hydrogens is 442 g/mol. The Labute approximate surface area is 172 Å². The fourth-order valence-electron chi connectivity index (χ4n) is 2.60. The lowest BCUT2D eigenvalue weighted by Crippen LogP contribution is -2.32. The summed E-state index contributed by atoms with van der Waals surface area (Å²) in [7, 11) is 0. The Morgan fingerprint density at radius 3 is 2.76 bits per heavy atom. The Morgan fingerprint density at radius 2 is 2.07 bits per heavy atom. The number of aromatic amines is 1. The van der Waals surface area contributed by atoms with Crippen LogP contribution in [-0.2, 0) is 0 Å². The van der Waals surface area contributed by atoms with Crippen LogP contribution in [-0.4, -0.2) is 31.8 Å². The molecule has 0 unspecified atom stereocenters. The zero-order valence-electron chi connectivity index (χ0n) is 15.4. The number of nitrogens with zero attached hydrogens (tertiary/aromatic N) is 3. The standard InChI is InChI=1S/C19H16BrN5O4/c1-10-7-15(11(2)6-14(10)20)25-18(28)13(17(27)23-19(25)29)9-22-24-16(26)12-4-3-5-21-8-12/h3-9,28H,1-2H3,(H,24,26)(H,23,27,29)/b22-9+. The first-order valence-electron chi connectivity index (χ1n) is 8.38. The van der Waals surface area contributed by atoms with Crippen molar-refractivity contribution in [2.45, 2.75) is 13.8 Å². The van der Waals surface area contributed by atoms with E-state index in [0.29, 0.717) is 11.3 Å². The summed E-state index contributed by atoms with van der Waals surface area (Å²) < 4.78 is 1.82. The van der Waals surface area contributed by atoms with E-state index in [4.69, 9.17) is 0 Å². The molecular formula is C19H16BrN5O4. The first kappa shape index (κ1) is 20.2. The van der Waals surface area contributed by atoms with Gasteiger partial charge in [0.1, 0.15) is 5.56 Å². The molecule has 29 heavy (non-hydrogen) atoms. The molecule has 1 aromatic carbocycles. The smallest absolute Gasteiger partial charge is 0.335 e. The Bertz CT molecular complexity index is 1230. The maximum Gasteiger partial charge on any atom is 0.335 e. The van der Waals surface area contributed by atoms with Gasteiger partial charge < -0.3 is 5.11 Å². The van der Waals surface area contributed by atoms with Crippen molar-refractivity contribution in [3.05, 3.63) is 84.2 Å². The number of H-pyrrole nitrogens is 1. The van der Waals surface area contributed by atoms with E-state index in [9.17, 15) is 19.5 Å². The predicted molar refractivity (Wildman–Crippen MR) is 111 cm³/mol. The number of amides is 1. The fourth-order valence-corrected chi connectivity index (χ4v) is 3.06. The number of hydrogen-bond acceptors (Lipinski definition) is 6.